The molecule has 4 rings (SSSR count). The molecule has 0 bridgehead atoms. The van der Waals surface area contributed by atoms with Crippen LogP contribution in [0.15, 0.2) is 64.8 Å². The van der Waals surface area contributed by atoms with E-state index in [1.54, 1.807) is 18.1 Å². The molecule has 3 aromatic rings. The van der Waals surface area contributed by atoms with Gasteiger partial charge in [0.15, 0.2) is 5.17 Å². The monoisotopic (exact) mass is 362 g/mol. The summed E-state index contributed by atoms with van der Waals surface area (Å²) >= 11 is 1.78. The number of nitrogens with one attached hydrogen (secondary N) is 1. The first-order chi connectivity index (χ1) is 12.8. The highest BCUT2D eigenvalue weighted by atomic mass is 32.2. The minimum absolute atomic E-state index is 0.926. The van der Waals surface area contributed by atoms with E-state index in [0.717, 1.165) is 35.0 Å². The lowest BCUT2D eigenvalue weighted by molar-refractivity contribution is 0.459. The minimum Gasteiger partial charge on any atom is -0.346 e. The first kappa shape index (κ1) is 16.9. The molecule has 0 atom stereocenters. The van der Waals surface area contributed by atoms with Gasteiger partial charge in [0.05, 0.1) is 29.6 Å². The third-order valence-electron chi connectivity index (χ3n) is 4.38. The molecule has 1 saturated heterocycles. The van der Waals surface area contributed by atoms with Gasteiger partial charge in [0.1, 0.15) is 0 Å². The third-order valence-corrected chi connectivity index (χ3v) is 5.42. The third kappa shape index (κ3) is 3.83. The number of aromatic amines is 1. The van der Waals surface area contributed by atoms with Crippen molar-refractivity contribution < 1.29 is 0 Å². The average molecular weight is 363 g/mol. The van der Waals surface area contributed by atoms with Crippen LogP contribution in [0.5, 0.6) is 0 Å². The summed E-state index contributed by atoms with van der Waals surface area (Å²) in [5.41, 5.74) is 4.27. The molecule has 1 N–H and O–H groups in total. The van der Waals surface area contributed by atoms with Crippen molar-refractivity contribution in [3.05, 3.63) is 65.3 Å². The molecule has 1 fully saturated rings. The number of amidine groups is 1. The highest BCUT2D eigenvalue weighted by Gasteiger charge is 2.23. The Morgan fingerprint density at radius 3 is 2.96 bits per heavy atom. The van der Waals surface area contributed by atoms with Crippen LogP contribution < -0.4 is 0 Å². The van der Waals surface area contributed by atoms with Crippen molar-refractivity contribution in [1.29, 1.82) is 0 Å². The summed E-state index contributed by atoms with van der Waals surface area (Å²) in [6.07, 6.45) is 6.36. The van der Waals surface area contributed by atoms with Gasteiger partial charge in [-0.1, -0.05) is 49.4 Å². The zero-order valence-electron chi connectivity index (χ0n) is 14.9. The lowest BCUT2D eigenvalue weighted by Gasteiger charge is -2.16. The van der Waals surface area contributed by atoms with Crippen LogP contribution in [0.25, 0.3) is 17.1 Å². The van der Waals surface area contributed by atoms with Crippen molar-refractivity contribution in [2.75, 3.05) is 13.1 Å². The van der Waals surface area contributed by atoms with Crippen molar-refractivity contribution in [3.8, 4) is 0 Å². The van der Waals surface area contributed by atoms with Crippen LogP contribution in [0.1, 0.15) is 25.3 Å². The molecule has 0 spiro atoms. The minimum atomic E-state index is 0.926. The standard InChI is InChI=1S/C21H22N4S/c1-2-3-11-25-14-18(26-21(25)24-17-7-5-4-6-8-17)12-16-9-10-19-20(13-16)23-15-22-19/h4-10,12-13,15H,2-3,11,14H2,1H3,(H,22,23)/b18-12-,24-21-. The lowest BCUT2D eigenvalue weighted by Crippen LogP contribution is -2.25. The van der Waals surface area contributed by atoms with Crippen molar-refractivity contribution in [2.24, 2.45) is 4.99 Å². The first-order valence-corrected chi connectivity index (χ1v) is 9.84. The van der Waals surface area contributed by atoms with E-state index in [-0.39, 0.29) is 0 Å². The number of rotatable bonds is 5. The topological polar surface area (TPSA) is 44.3 Å². The van der Waals surface area contributed by atoms with Gasteiger partial charge >= 0.3 is 0 Å². The molecule has 0 unspecified atom stereocenters. The number of para-hydroxylation sites is 1. The molecule has 1 aromatic heterocycles. The van der Waals surface area contributed by atoms with Crippen molar-refractivity contribution in [1.82, 2.24) is 14.9 Å². The summed E-state index contributed by atoms with van der Waals surface area (Å²) in [5, 5.41) is 1.09. The average Bonchev–Trinajstić information content (AvgIpc) is 3.27. The van der Waals surface area contributed by atoms with Crippen molar-refractivity contribution >= 4 is 39.7 Å². The van der Waals surface area contributed by atoms with E-state index in [0.29, 0.717) is 0 Å². The van der Waals surface area contributed by atoms with E-state index in [1.807, 2.05) is 18.2 Å². The molecule has 132 valence electrons. The van der Waals surface area contributed by atoms with Gasteiger partial charge < -0.3 is 9.88 Å². The fourth-order valence-electron chi connectivity index (χ4n) is 3.00. The van der Waals surface area contributed by atoms with E-state index in [2.05, 4.69) is 58.2 Å². The number of H-pyrrole nitrogens is 1. The van der Waals surface area contributed by atoms with E-state index >= 15 is 0 Å². The zero-order valence-corrected chi connectivity index (χ0v) is 15.7. The molecule has 0 amide bonds. The smallest absolute Gasteiger partial charge is 0.169 e. The molecule has 4 nitrogen and oxygen atoms in total. The van der Waals surface area contributed by atoms with Gasteiger partial charge in [0.25, 0.3) is 0 Å². The number of hydrogen-bond acceptors (Lipinski definition) is 3. The number of aliphatic imine (C=N–C) groups is 1. The SMILES string of the molecule is CCCCN1C/C(=C/c2ccc3[nH]cnc3c2)S/C1=N\c1ccccc1. The molecule has 0 radical (unpaired) electrons. The van der Waals surface area contributed by atoms with Crippen LogP contribution in [0.3, 0.4) is 0 Å². The summed E-state index contributed by atoms with van der Waals surface area (Å²) in [6, 6.07) is 16.5. The number of unbranched alkanes of at least 4 members (excludes halogenated alkanes) is 1. The Balaban J connectivity index is 1.60. The Bertz CT molecular complexity index is 943. The second-order valence-electron chi connectivity index (χ2n) is 6.40. The second kappa shape index (κ2) is 7.79. The number of hydrogen-bond donors (Lipinski definition) is 1. The Morgan fingerprint density at radius 2 is 2.12 bits per heavy atom. The summed E-state index contributed by atoms with van der Waals surface area (Å²) in [5.74, 6) is 0. The molecule has 2 heterocycles. The van der Waals surface area contributed by atoms with Gasteiger partial charge in [-0.2, -0.15) is 0 Å². The highest BCUT2D eigenvalue weighted by molar-refractivity contribution is 8.17. The summed E-state index contributed by atoms with van der Waals surface area (Å²) in [7, 11) is 0. The maximum Gasteiger partial charge on any atom is 0.169 e. The van der Waals surface area contributed by atoms with Gasteiger partial charge in [-0.05, 0) is 42.3 Å². The number of nitrogens with zero attached hydrogens (tertiary/aromatic N) is 3. The molecule has 0 aliphatic carbocycles. The van der Waals surface area contributed by atoms with Gasteiger partial charge in [-0.25, -0.2) is 9.98 Å². The Morgan fingerprint density at radius 1 is 1.23 bits per heavy atom. The maximum atomic E-state index is 4.87. The summed E-state index contributed by atoms with van der Waals surface area (Å²) < 4.78 is 0. The first-order valence-electron chi connectivity index (χ1n) is 9.02. The van der Waals surface area contributed by atoms with Gasteiger partial charge in [0, 0.05) is 11.4 Å². The fraction of sp³-hybridized carbons (Fsp3) is 0.238. The highest BCUT2D eigenvalue weighted by Crippen LogP contribution is 2.33. The van der Waals surface area contributed by atoms with Crippen molar-refractivity contribution in [2.45, 2.75) is 19.8 Å². The number of thioether (sulfide) groups is 1. The number of imidazole rings is 1. The summed E-state index contributed by atoms with van der Waals surface area (Å²) in [4.78, 5) is 16.1. The van der Waals surface area contributed by atoms with E-state index in [9.17, 15) is 0 Å². The summed E-state index contributed by atoms with van der Waals surface area (Å²) in [6.45, 7) is 4.20. The lowest BCUT2D eigenvalue weighted by atomic mass is 10.2. The molecule has 1 aliphatic heterocycles. The number of benzene rings is 2. The molecular formula is C21H22N4S. The van der Waals surface area contributed by atoms with Crippen LogP contribution in [-0.4, -0.2) is 33.1 Å². The van der Waals surface area contributed by atoms with Crippen LogP contribution in [0, 0.1) is 0 Å². The van der Waals surface area contributed by atoms with Crippen LogP contribution in [0.2, 0.25) is 0 Å². The number of aromatic nitrogens is 2. The fourth-order valence-corrected chi connectivity index (χ4v) is 4.09. The van der Waals surface area contributed by atoms with E-state index < -0.39 is 0 Å². The largest absolute Gasteiger partial charge is 0.346 e. The second-order valence-corrected chi connectivity index (χ2v) is 7.49. The van der Waals surface area contributed by atoms with Crippen LogP contribution in [-0.2, 0) is 0 Å². The maximum absolute atomic E-state index is 4.87. The normalized spacial score (nSPS) is 17.7. The molecule has 1 aliphatic rings. The Hall–Kier alpha value is -2.53. The van der Waals surface area contributed by atoms with Crippen LogP contribution in [0.4, 0.5) is 5.69 Å². The Labute approximate surface area is 158 Å². The number of fused-ring (bicyclic) bond motifs is 1. The quantitative estimate of drug-likeness (QED) is 0.657. The molecule has 5 heteroatoms. The predicted molar refractivity (Wildman–Crippen MR) is 112 cm³/mol. The van der Waals surface area contributed by atoms with Gasteiger partial charge in [0.2, 0.25) is 0 Å². The van der Waals surface area contributed by atoms with Gasteiger partial charge in [-0.15, -0.1) is 0 Å². The van der Waals surface area contributed by atoms with Crippen LogP contribution >= 0.6 is 11.8 Å². The molecule has 26 heavy (non-hydrogen) atoms. The molecular weight excluding hydrogens is 340 g/mol. The molecule has 0 saturated carbocycles. The van der Waals surface area contributed by atoms with E-state index in [4.69, 9.17) is 4.99 Å². The van der Waals surface area contributed by atoms with Crippen molar-refractivity contribution in [3.63, 3.8) is 0 Å². The van der Waals surface area contributed by atoms with Gasteiger partial charge in [-0.3, -0.25) is 0 Å². The Kier molecular flexibility index (Phi) is 5.07. The van der Waals surface area contributed by atoms with E-state index in [1.165, 1.54) is 23.3 Å². The predicted octanol–water partition coefficient (Wildman–Crippen LogP) is 5.44. The molecule has 2 aromatic carbocycles. The zero-order chi connectivity index (χ0) is 17.8.